The Morgan fingerprint density at radius 2 is 1.75 bits per heavy atom. The molecule has 1 heterocycles. The zero-order valence-electron chi connectivity index (χ0n) is 15.4. The minimum Gasteiger partial charge on any atom is -0.497 e. The molecule has 0 N–H and O–H groups in total. The fourth-order valence-corrected chi connectivity index (χ4v) is 5.38. The zero-order valence-corrected chi connectivity index (χ0v) is 16.2. The lowest BCUT2D eigenvalue weighted by Gasteiger charge is -2.35. The van der Waals surface area contributed by atoms with Gasteiger partial charge in [-0.3, -0.25) is 4.31 Å². The lowest BCUT2D eigenvalue weighted by atomic mass is 9.91. The van der Waals surface area contributed by atoms with Gasteiger partial charge in [-0.05, 0) is 34.9 Å². The monoisotopic (exact) mass is 397 g/mol. The van der Waals surface area contributed by atoms with Crippen molar-refractivity contribution >= 4 is 15.7 Å². The van der Waals surface area contributed by atoms with Crippen molar-refractivity contribution in [3.05, 3.63) is 95.3 Å². The first-order valence-electron chi connectivity index (χ1n) is 8.96. The Labute approximate surface area is 164 Å². The second-order valence-electron chi connectivity index (χ2n) is 6.80. The third kappa shape index (κ3) is 3.47. The van der Waals surface area contributed by atoms with Crippen molar-refractivity contribution in [3.63, 3.8) is 0 Å². The number of anilines is 1. The minimum atomic E-state index is -3.58. The number of halogens is 1. The van der Waals surface area contributed by atoms with Gasteiger partial charge in [0.25, 0.3) is 0 Å². The molecule has 4 nitrogen and oxygen atoms in total. The molecule has 0 aromatic heterocycles. The molecule has 4 rings (SSSR count). The van der Waals surface area contributed by atoms with Crippen LogP contribution in [0.25, 0.3) is 0 Å². The predicted octanol–water partition coefficient (Wildman–Crippen LogP) is 4.32. The van der Waals surface area contributed by atoms with Crippen LogP contribution in [-0.4, -0.2) is 21.3 Å². The molecule has 3 aromatic rings. The molecule has 1 aliphatic rings. The number of fused-ring (bicyclic) bond motifs is 1. The van der Waals surface area contributed by atoms with Crippen molar-refractivity contribution in [2.24, 2.45) is 0 Å². The van der Waals surface area contributed by atoms with Gasteiger partial charge in [-0.15, -0.1) is 0 Å². The smallest absolute Gasteiger partial charge is 0.236 e. The van der Waals surface area contributed by atoms with Gasteiger partial charge in [0.2, 0.25) is 10.0 Å². The van der Waals surface area contributed by atoms with Gasteiger partial charge in [-0.25, -0.2) is 12.8 Å². The number of ether oxygens (including phenoxy) is 1. The lowest BCUT2D eigenvalue weighted by Crippen LogP contribution is -2.39. The molecule has 1 unspecified atom stereocenters. The number of hydrogen-bond donors (Lipinski definition) is 0. The highest BCUT2D eigenvalue weighted by Crippen LogP contribution is 2.42. The molecule has 0 spiro atoms. The second kappa shape index (κ2) is 7.28. The van der Waals surface area contributed by atoms with E-state index in [1.54, 1.807) is 25.3 Å². The summed E-state index contributed by atoms with van der Waals surface area (Å²) >= 11 is 0. The molecular formula is C22H20FNO3S. The molecule has 28 heavy (non-hydrogen) atoms. The number of rotatable bonds is 4. The summed E-state index contributed by atoms with van der Waals surface area (Å²) in [5.74, 6) is -0.182. The van der Waals surface area contributed by atoms with Gasteiger partial charge in [0.05, 0.1) is 25.1 Å². The Kier molecular flexibility index (Phi) is 4.81. The van der Waals surface area contributed by atoms with Gasteiger partial charge >= 0.3 is 0 Å². The maximum absolute atomic E-state index is 13.4. The van der Waals surface area contributed by atoms with Crippen molar-refractivity contribution in [3.8, 4) is 5.75 Å². The maximum atomic E-state index is 13.4. The van der Waals surface area contributed by atoms with E-state index < -0.39 is 10.0 Å². The average Bonchev–Trinajstić information content (AvgIpc) is 2.71. The third-order valence-corrected chi connectivity index (χ3v) is 6.79. The van der Waals surface area contributed by atoms with E-state index in [9.17, 15) is 12.8 Å². The summed E-state index contributed by atoms with van der Waals surface area (Å²) in [7, 11) is -2.03. The van der Waals surface area contributed by atoms with Crippen LogP contribution in [0.1, 0.15) is 22.6 Å². The summed E-state index contributed by atoms with van der Waals surface area (Å²) in [5.41, 5.74) is 3.16. The normalized spacial score (nSPS) is 17.8. The minimum absolute atomic E-state index is 0.0647. The lowest BCUT2D eigenvalue weighted by molar-refractivity contribution is 0.414. The zero-order chi connectivity index (χ0) is 19.7. The number of nitrogens with zero attached hydrogens (tertiary/aromatic N) is 1. The number of methoxy groups -OCH3 is 1. The molecule has 0 saturated carbocycles. The highest BCUT2D eigenvalue weighted by Gasteiger charge is 2.37. The molecular weight excluding hydrogens is 377 g/mol. The molecule has 0 amide bonds. The van der Waals surface area contributed by atoms with Crippen LogP contribution in [0.15, 0.2) is 72.8 Å². The average molecular weight is 397 g/mol. The molecule has 0 fully saturated rings. The highest BCUT2D eigenvalue weighted by atomic mass is 32.2. The van der Waals surface area contributed by atoms with Gasteiger partial charge in [0.1, 0.15) is 11.6 Å². The van der Waals surface area contributed by atoms with E-state index in [0.717, 1.165) is 16.7 Å². The Morgan fingerprint density at radius 1 is 1.04 bits per heavy atom. The summed E-state index contributed by atoms with van der Waals surface area (Å²) in [6, 6.07) is 21.0. The standard InChI is InChI=1S/C22H20FNO3S/c1-27-19-11-12-20-21(17-7-9-18(23)10-8-17)15-28(25,26)24(22(20)13-19)14-16-5-3-2-4-6-16/h2-13,21H,14-15H2,1H3. The van der Waals surface area contributed by atoms with Gasteiger partial charge in [0.15, 0.2) is 0 Å². The van der Waals surface area contributed by atoms with Crippen molar-refractivity contribution < 1.29 is 17.5 Å². The van der Waals surface area contributed by atoms with Crippen molar-refractivity contribution in [1.29, 1.82) is 0 Å². The second-order valence-corrected chi connectivity index (χ2v) is 8.74. The maximum Gasteiger partial charge on any atom is 0.236 e. The van der Waals surface area contributed by atoms with Gasteiger partial charge in [-0.1, -0.05) is 48.5 Å². The SMILES string of the molecule is COc1ccc2c(c1)N(Cc1ccccc1)S(=O)(=O)CC2c1ccc(F)cc1. The quantitative estimate of drug-likeness (QED) is 0.659. The molecule has 0 aliphatic carbocycles. The van der Waals surface area contributed by atoms with Crippen LogP contribution in [0.5, 0.6) is 5.75 Å². The Hall–Kier alpha value is -2.86. The van der Waals surface area contributed by atoms with Crippen LogP contribution in [-0.2, 0) is 16.6 Å². The molecule has 144 valence electrons. The van der Waals surface area contributed by atoms with E-state index in [1.165, 1.54) is 16.4 Å². The largest absolute Gasteiger partial charge is 0.497 e. The van der Waals surface area contributed by atoms with E-state index in [1.807, 2.05) is 42.5 Å². The van der Waals surface area contributed by atoms with E-state index in [4.69, 9.17) is 4.74 Å². The number of sulfonamides is 1. The first-order valence-corrected chi connectivity index (χ1v) is 10.6. The molecule has 0 bridgehead atoms. The van der Waals surface area contributed by atoms with E-state index in [-0.39, 0.29) is 24.0 Å². The Balaban J connectivity index is 1.84. The van der Waals surface area contributed by atoms with Gasteiger partial charge in [0, 0.05) is 12.0 Å². The highest BCUT2D eigenvalue weighted by molar-refractivity contribution is 7.92. The molecule has 0 saturated heterocycles. The molecule has 6 heteroatoms. The van der Waals surface area contributed by atoms with Crippen LogP contribution in [0, 0.1) is 5.82 Å². The summed E-state index contributed by atoms with van der Waals surface area (Å²) in [4.78, 5) is 0. The van der Waals surface area contributed by atoms with Crippen LogP contribution >= 0.6 is 0 Å². The Bertz CT molecular complexity index is 1080. The predicted molar refractivity (Wildman–Crippen MR) is 108 cm³/mol. The van der Waals surface area contributed by atoms with Gasteiger partial charge in [-0.2, -0.15) is 0 Å². The first kappa shape index (κ1) is 18.5. The molecule has 1 aliphatic heterocycles. The summed E-state index contributed by atoms with van der Waals surface area (Å²) < 4.78 is 46.6. The van der Waals surface area contributed by atoms with Crippen molar-refractivity contribution in [2.45, 2.75) is 12.5 Å². The van der Waals surface area contributed by atoms with Crippen LogP contribution in [0.4, 0.5) is 10.1 Å². The molecule has 3 aromatic carbocycles. The third-order valence-electron chi connectivity index (χ3n) is 5.04. The van der Waals surface area contributed by atoms with Crippen molar-refractivity contribution in [1.82, 2.24) is 0 Å². The van der Waals surface area contributed by atoms with E-state index >= 15 is 0 Å². The summed E-state index contributed by atoms with van der Waals surface area (Å²) in [5, 5.41) is 0. The fraction of sp³-hybridized carbons (Fsp3) is 0.182. The van der Waals surface area contributed by atoms with Crippen LogP contribution < -0.4 is 9.04 Å². The van der Waals surface area contributed by atoms with E-state index in [0.29, 0.717) is 11.4 Å². The summed E-state index contributed by atoms with van der Waals surface area (Å²) in [6.45, 7) is 0.249. The first-order chi connectivity index (χ1) is 13.5. The van der Waals surface area contributed by atoms with E-state index in [2.05, 4.69) is 0 Å². The Morgan fingerprint density at radius 3 is 2.43 bits per heavy atom. The number of hydrogen-bond acceptors (Lipinski definition) is 3. The van der Waals surface area contributed by atoms with Gasteiger partial charge < -0.3 is 4.74 Å². The summed E-state index contributed by atoms with van der Waals surface area (Å²) in [6.07, 6.45) is 0. The van der Waals surface area contributed by atoms with Crippen LogP contribution in [0.3, 0.4) is 0 Å². The fourth-order valence-electron chi connectivity index (χ4n) is 3.60. The molecule has 0 radical (unpaired) electrons. The van der Waals surface area contributed by atoms with Crippen LogP contribution in [0.2, 0.25) is 0 Å². The number of benzene rings is 3. The molecule has 1 atom stereocenters. The van der Waals surface area contributed by atoms with Crippen molar-refractivity contribution in [2.75, 3.05) is 17.2 Å². The topological polar surface area (TPSA) is 46.6 Å².